The number of para-hydroxylation sites is 1. The molecule has 0 bridgehead atoms. The summed E-state index contributed by atoms with van der Waals surface area (Å²) in [5.41, 5.74) is 11.2. The number of benzene rings is 2. The Kier molecular flexibility index (Phi) is 8.91. The summed E-state index contributed by atoms with van der Waals surface area (Å²) in [6.45, 7) is 11.2. The Morgan fingerprint density at radius 2 is 1.82 bits per heavy atom. The monoisotopic (exact) mass is 531 g/mol. The van der Waals surface area contributed by atoms with Crippen molar-refractivity contribution in [2.75, 3.05) is 48.1 Å². The predicted molar refractivity (Wildman–Crippen MR) is 159 cm³/mol. The van der Waals surface area contributed by atoms with Gasteiger partial charge in [0.05, 0.1) is 25.0 Å². The number of ether oxygens (including phenoxy) is 1. The van der Waals surface area contributed by atoms with Gasteiger partial charge in [-0.15, -0.1) is 0 Å². The third-order valence-electron chi connectivity index (χ3n) is 7.54. The third kappa shape index (κ3) is 6.09. The second kappa shape index (κ2) is 12.3. The van der Waals surface area contributed by atoms with Gasteiger partial charge in [0.25, 0.3) is 0 Å². The number of nitrogen functional groups attached to an aromatic ring is 1. The lowest BCUT2D eigenvalue weighted by molar-refractivity contribution is 0.242. The number of aromatic nitrogens is 2. The Bertz CT molecular complexity index is 1280. The number of nitrogens with one attached hydrogen (secondary N) is 1. The highest BCUT2D eigenvalue weighted by atomic mass is 16.5. The largest absolute Gasteiger partial charge is 0.494 e. The highest BCUT2D eigenvalue weighted by Gasteiger charge is 2.40. The zero-order valence-corrected chi connectivity index (χ0v) is 24.0. The third-order valence-corrected chi connectivity index (χ3v) is 7.54. The molecule has 5 rings (SSSR count). The molecule has 0 radical (unpaired) electrons. The summed E-state index contributed by atoms with van der Waals surface area (Å²) in [6, 6.07) is 11.6. The van der Waals surface area contributed by atoms with Gasteiger partial charge in [-0.3, -0.25) is 9.80 Å². The van der Waals surface area contributed by atoms with E-state index in [1.165, 1.54) is 0 Å². The van der Waals surface area contributed by atoms with Gasteiger partial charge in [-0.2, -0.15) is 4.98 Å². The Balaban J connectivity index is 0.000000531. The van der Waals surface area contributed by atoms with Crippen molar-refractivity contribution in [3.63, 3.8) is 0 Å². The normalized spacial score (nSPS) is 14.9. The summed E-state index contributed by atoms with van der Waals surface area (Å²) in [6.07, 6.45) is 4.88. The van der Waals surface area contributed by atoms with Crippen LogP contribution in [-0.4, -0.2) is 54.2 Å². The maximum Gasteiger partial charge on any atom is 0.330 e. The average Bonchev–Trinajstić information content (AvgIpc) is 2.90. The molecule has 0 unspecified atom stereocenters. The van der Waals surface area contributed by atoms with E-state index in [-0.39, 0.29) is 12.1 Å². The van der Waals surface area contributed by atoms with E-state index < -0.39 is 0 Å². The molecule has 1 fully saturated rings. The van der Waals surface area contributed by atoms with Crippen molar-refractivity contribution < 1.29 is 9.53 Å². The van der Waals surface area contributed by atoms with Gasteiger partial charge in [-0.25, -0.2) is 9.78 Å². The summed E-state index contributed by atoms with van der Waals surface area (Å²) in [7, 11) is 3.70. The highest BCUT2D eigenvalue weighted by Crippen LogP contribution is 2.39. The molecule has 1 aliphatic carbocycles. The fourth-order valence-corrected chi connectivity index (χ4v) is 4.77. The van der Waals surface area contributed by atoms with Crippen LogP contribution in [0, 0.1) is 13.8 Å². The minimum Gasteiger partial charge on any atom is -0.494 e. The second-order valence-corrected chi connectivity index (χ2v) is 10.2. The quantitative estimate of drug-likeness (QED) is 0.367. The van der Waals surface area contributed by atoms with E-state index in [2.05, 4.69) is 36.1 Å². The van der Waals surface area contributed by atoms with Crippen molar-refractivity contribution in [2.24, 2.45) is 0 Å². The molecule has 0 saturated heterocycles. The minimum atomic E-state index is -0.0284. The van der Waals surface area contributed by atoms with E-state index in [4.69, 9.17) is 15.5 Å². The fourth-order valence-electron chi connectivity index (χ4n) is 4.77. The van der Waals surface area contributed by atoms with Crippen molar-refractivity contribution in [1.82, 2.24) is 14.9 Å². The van der Waals surface area contributed by atoms with Gasteiger partial charge >= 0.3 is 6.03 Å². The summed E-state index contributed by atoms with van der Waals surface area (Å²) in [4.78, 5) is 29.1. The van der Waals surface area contributed by atoms with E-state index >= 15 is 0 Å². The van der Waals surface area contributed by atoms with E-state index in [0.29, 0.717) is 35.4 Å². The lowest BCUT2D eigenvalue weighted by atomic mass is 9.90. The Hall–Kier alpha value is -3.85. The van der Waals surface area contributed by atoms with Gasteiger partial charge in [0.15, 0.2) is 0 Å². The zero-order valence-electron chi connectivity index (χ0n) is 24.0. The van der Waals surface area contributed by atoms with Crippen LogP contribution in [0.1, 0.15) is 49.8 Å². The number of carbonyl (C=O) groups excluding carboxylic acids is 1. The molecule has 39 heavy (non-hydrogen) atoms. The van der Waals surface area contributed by atoms with Crippen molar-refractivity contribution in [2.45, 2.75) is 59.5 Å². The number of anilines is 5. The smallest absolute Gasteiger partial charge is 0.330 e. The van der Waals surface area contributed by atoms with Crippen LogP contribution in [0.4, 0.5) is 33.6 Å². The van der Waals surface area contributed by atoms with Crippen LogP contribution in [0.15, 0.2) is 42.6 Å². The summed E-state index contributed by atoms with van der Waals surface area (Å²) < 4.78 is 5.43. The maximum atomic E-state index is 13.8. The predicted octanol–water partition coefficient (Wildman–Crippen LogP) is 5.88. The van der Waals surface area contributed by atoms with Crippen molar-refractivity contribution >= 4 is 34.9 Å². The molecule has 1 aliphatic heterocycles. The molecule has 1 saturated carbocycles. The summed E-state index contributed by atoms with van der Waals surface area (Å²) >= 11 is 0. The number of urea groups is 1. The number of fused-ring (bicyclic) bond motifs is 1. The molecule has 2 aromatic carbocycles. The van der Waals surface area contributed by atoms with Crippen LogP contribution in [-0.2, 0) is 6.54 Å². The van der Waals surface area contributed by atoms with Gasteiger partial charge in [0, 0.05) is 29.6 Å². The molecule has 208 valence electrons. The molecule has 3 aromatic rings. The minimum absolute atomic E-state index is 0.0284. The molecule has 9 heteroatoms. The number of rotatable bonds is 7. The van der Waals surface area contributed by atoms with Crippen LogP contribution in [0.3, 0.4) is 0 Å². The number of hydrogen-bond acceptors (Lipinski definition) is 7. The van der Waals surface area contributed by atoms with Gasteiger partial charge in [-0.1, -0.05) is 32.0 Å². The Morgan fingerprint density at radius 3 is 2.38 bits per heavy atom. The first kappa shape index (κ1) is 28.2. The number of nitrogens with two attached hydrogens (primary N) is 1. The van der Waals surface area contributed by atoms with Crippen LogP contribution in [0.5, 0.6) is 5.75 Å². The molecule has 2 aliphatic rings. The van der Waals surface area contributed by atoms with Gasteiger partial charge < -0.3 is 20.7 Å². The number of carbonyl (C=O) groups is 1. The average molecular weight is 532 g/mol. The van der Waals surface area contributed by atoms with Crippen LogP contribution >= 0.6 is 0 Å². The van der Waals surface area contributed by atoms with E-state index in [0.717, 1.165) is 54.7 Å². The summed E-state index contributed by atoms with van der Waals surface area (Å²) in [5, 5.41) is 3.22. The van der Waals surface area contributed by atoms with Crippen LogP contribution < -0.4 is 25.6 Å². The first-order chi connectivity index (χ1) is 18.8. The second-order valence-electron chi connectivity index (χ2n) is 10.2. The first-order valence-electron chi connectivity index (χ1n) is 13.7. The SMILES string of the molecule is CCN(C)CC.COc1cc(N)ccc1Nc1ncc2c(n1)N(C1CCC1)C(=O)N(c1c(C)cccc1C)C2. The number of amides is 2. The van der Waals surface area contributed by atoms with E-state index in [9.17, 15) is 4.79 Å². The molecule has 0 spiro atoms. The van der Waals surface area contributed by atoms with E-state index in [1.807, 2.05) is 54.1 Å². The molecular weight excluding hydrogens is 490 g/mol. The van der Waals surface area contributed by atoms with Gasteiger partial charge in [-0.05, 0) is 76.5 Å². The maximum absolute atomic E-state index is 13.8. The van der Waals surface area contributed by atoms with E-state index in [1.54, 1.807) is 19.2 Å². The van der Waals surface area contributed by atoms with Gasteiger partial charge in [0.1, 0.15) is 11.6 Å². The van der Waals surface area contributed by atoms with Crippen LogP contribution in [0.2, 0.25) is 0 Å². The number of methoxy groups -OCH3 is 1. The van der Waals surface area contributed by atoms with Crippen molar-refractivity contribution in [3.05, 3.63) is 59.3 Å². The molecule has 2 heterocycles. The fraction of sp³-hybridized carbons (Fsp3) is 0.433. The Labute approximate surface area is 232 Å². The van der Waals surface area contributed by atoms with Crippen LogP contribution in [0.25, 0.3) is 0 Å². The standard InChI is InChI=1S/C25H28N6O2.C5H13N/c1-15-6-4-7-16(2)22(15)30-14-17-13-27-24(28-20-11-10-18(26)12-21(20)33-3)29-23(17)31(25(30)32)19-8-5-9-19;1-4-6(3)5-2/h4,6-7,10-13,19H,5,8-9,14,26H2,1-3H3,(H,27,28,29);4-5H2,1-3H3. The molecule has 3 N–H and O–H groups in total. The molecule has 0 atom stereocenters. The highest BCUT2D eigenvalue weighted by molar-refractivity contribution is 6.06. The summed E-state index contributed by atoms with van der Waals surface area (Å²) in [5.74, 6) is 1.69. The molecule has 1 aromatic heterocycles. The molecule has 9 nitrogen and oxygen atoms in total. The lowest BCUT2D eigenvalue weighted by Crippen LogP contribution is -2.54. The number of hydrogen-bond donors (Lipinski definition) is 2. The molecule has 2 amide bonds. The molecular formula is C30H41N7O2. The first-order valence-corrected chi connectivity index (χ1v) is 13.7. The van der Waals surface area contributed by atoms with Crippen molar-refractivity contribution in [1.29, 1.82) is 0 Å². The lowest BCUT2D eigenvalue weighted by Gasteiger charge is -2.44. The zero-order chi connectivity index (χ0) is 28.1. The topological polar surface area (TPSA) is 99.9 Å². The Morgan fingerprint density at radius 1 is 1.13 bits per heavy atom. The van der Waals surface area contributed by atoms with Crippen molar-refractivity contribution in [3.8, 4) is 5.75 Å². The number of nitrogens with zero attached hydrogens (tertiary/aromatic N) is 5. The van der Waals surface area contributed by atoms with Gasteiger partial charge in [0.2, 0.25) is 5.95 Å². The number of aryl methyl sites for hydroxylation is 2.